The fraction of sp³-hybridized carbons (Fsp3) is 0.429. The molecule has 2 fully saturated rings. The Morgan fingerprint density at radius 2 is 1.89 bits per heavy atom. The third kappa shape index (κ3) is 6.03. The molecule has 236 valence electrons. The maximum atomic E-state index is 14.5. The number of fused-ring (bicyclic) bond motifs is 1. The number of carbonyl (C=O) groups is 1. The zero-order valence-electron chi connectivity index (χ0n) is 26.8. The largest absolute Gasteiger partial charge is 0.368 e. The summed E-state index contributed by atoms with van der Waals surface area (Å²) in [6, 6.07) is 14.0. The molecule has 0 saturated carbocycles. The number of pyridine rings is 1. The van der Waals surface area contributed by atoms with Crippen LogP contribution >= 0.6 is 11.6 Å². The van der Waals surface area contributed by atoms with Crippen molar-refractivity contribution < 1.29 is 4.79 Å². The van der Waals surface area contributed by atoms with E-state index in [0.717, 1.165) is 49.1 Å². The second kappa shape index (κ2) is 12.8. The lowest BCUT2D eigenvalue weighted by Crippen LogP contribution is -2.50. The first-order valence-corrected chi connectivity index (χ1v) is 16.3. The molecular formula is C35H42ClN7O2. The first kappa shape index (κ1) is 31.0. The number of benzene rings is 2. The van der Waals surface area contributed by atoms with Gasteiger partial charge >= 0.3 is 0 Å². The molecule has 10 heteroatoms. The van der Waals surface area contributed by atoms with Crippen LogP contribution in [-0.2, 0) is 4.79 Å². The van der Waals surface area contributed by atoms with Gasteiger partial charge in [-0.2, -0.15) is 4.98 Å². The second-order valence-corrected chi connectivity index (χ2v) is 12.9. The maximum absolute atomic E-state index is 14.5. The Morgan fingerprint density at radius 3 is 2.62 bits per heavy atom. The Hall–Kier alpha value is -3.95. The van der Waals surface area contributed by atoms with Crippen LogP contribution in [0, 0.1) is 13.8 Å². The van der Waals surface area contributed by atoms with Gasteiger partial charge in [0.05, 0.1) is 11.6 Å². The van der Waals surface area contributed by atoms with E-state index in [-0.39, 0.29) is 17.5 Å². The highest BCUT2D eigenvalue weighted by Gasteiger charge is 2.29. The molecule has 4 aromatic rings. The molecule has 6 rings (SSSR count). The van der Waals surface area contributed by atoms with Crippen molar-refractivity contribution in [1.82, 2.24) is 24.3 Å². The summed E-state index contributed by atoms with van der Waals surface area (Å²) in [7, 11) is 2.18. The van der Waals surface area contributed by atoms with Crippen molar-refractivity contribution >= 4 is 45.9 Å². The SMILES string of the molecule is CCC(=O)N1CCC[C@H](n2c(=O)c(-c3ccccc3Cl)c(C)c3cnc(Nc4ccc(N5CCN(C)[C@@H](C)C5)c(C)c4)nc32)C1. The number of piperazine rings is 1. The Morgan fingerprint density at radius 1 is 1.09 bits per heavy atom. The Bertz CT molecular complexity index is 1810. The molecular weight excluding hydrogens is 586 g/mol. The van der Waals surface area contributed by atoms with E-state index in [0.29, 0.717) is 53.3 Å². The van der Waals surface area contributed by atoms with Gasteiger partial charge in [0, 0.05) is 78.7 Å². The number of hydrogen-bond acceptors (Lipinski definition) is 7. The number of carbonyl (C=O) groups excluding carboxylic acids is 1. The van der Waals surface area contributed by atoms with Gasteiger partial charge in [-0.05, 0) is 76.1 Å². The summed E-state index contributed by atoms with van der Waals surface area (Å²) in [5.74, 6) is 0.510. The Labute approximate surface area is 269 Å². The number of likely N-dealkylation sites (tertiary alicyclic amines) is 1. The highest BCUT2D eigenvalue weighted by atomic mass is 35.5. The number of rotatable bonds is 6. The number of likely N-dealkylation sites (N-methyl/N-ethyl adjacent to an activating group) is 1. The number of nitrogens with one attached hydrogen (secondary N) is 1. The summed E-state index contributed by atoms with van der Waals surface area (Å²) < 4.78 is 1.78. The molecule has 0 bridgehead atoms. The molecule has 2 aromatic carbocycles. The summed E-state index contributed by atoms with van der Waals surface area (Å²) in [4.78, 5) is 43.5. The molecule has 1 amide bonds. The molecule has 2 aromatic heterocycles. The van der Waals surface area contributed by atoms with E-state index in [9.17, 15) is 9.59 Å². The van der Waals surface area contributed by atoms with E-state index in [1.54, 1.807) is 16.8 Å². The molecule has 2 aliphatic heterocycles. The Balaban J connectivity index is 1.41. The van der Waals surface area contributed by atoms with Crippen molar-refractivity contribution in [1.29, 1.82) is 0 Å². The first-order chi connectivity index (χ1) is 21.7. The molecule has 2 atom stereocenters. The maximum Gasteiger partial charge on any atom is 0.260 e. The zero-order chi connectivity index (χ0) is 31.8. The average Bonchev–Trinajstić information content (AvgIpc) is 3.03. The molecule has 0 unspecified atom stereocenters. The van der Waals surface area contributed by atoms with Gasteiger partial charge in [-0.3, -0.25) is 14.2 Å². The normalized spacial score (nSPS) is 19.2. The number of halogens is 1. The van der Waals surface area contributed by atoms with Gasteiger partial charge in [0.2, 0.25) is 11.9 Å². The van der Waals surface area contributed by atoms with Crippen molar-refractivity contribution in [3.63, 3.8) is 0 Å². The first-order valence-electron chi connectivity index (χ1n) is 15.9. The molecule has 1 N–H and O–H groups in total. The van der Waals surface area contributed by atoms with E-state index in [1.807, 2.05) is 36.9 Å². The summed E-state index contributed by atoms with van der Waals surface area (Å²) in [5, 5.41) is 4.69. The van der Waals surface area contributed by atoms with Gasteiger partial charge in [0.25, 0.3) is 5.56 Å². The van der Waals surface area contributed by atoms with Crippen LogP contribution in [0.15, 0.2) is 53.5 Å². The number of aryl methyl sites for hydroxylation is 2. The van der Waals surface area contributed by atoms with Crippen LogP contribution in [0.25, 0.3) is 22.2 Å². The number of nitrogens with zero attached hydrogens (tertiary/aromatic N) is 6. The van der Waals surface area contributed by atoms with Crippen LogP contribution in [-0.4, -0.2) is 76.1 Å². The van der Waals surface area contributed by atoms with Gasteiger partial charge in [0.1, 0.15) is 5.65 Å². The van der Waals surface area contributed by atoms with Crippen LogP contribution in [0.4, 0.5) is 17.3 Å². The lowest BCUT2D eigenvalue weighted by molar-refractivity contribution is -0.132. The van der Waals surface area contributed by atoms with Gasteiger partial charge in [-0.1, -0.05) is 36.7 Å². The number of anilines is 3. The monoisotopic (exact) mass is 627 g/mol. The molecule has 2 aliphatic rings. The predicted octanol–water partition coefficient (Wildman–Crippen LogP) is 6.19. The van der Waals surface area contributed by atoms with Crippen molar-refractivity contribution in [2.24, 2.45) is 0 Å². The van der Waals surface area contributed by atoms with Gasteiger partial charge in [-0.15, -0.1) is 0 Å². The Kier molecular flexibility index (Phi) is 8.84. The second-order valence-electron chi connectivity index (χ2n) is 12.5. The van der Waals surface area contributed by atoms with E-state index >= 15 is 0 Å². The third-order valence-corrected chi connectivity index (χ3v) is 9.85. The third-order valence-electron chi connectivity index (χ3n) is 9.52. The van der Waals surface area contributed by atoms with Crippen molar-refractivity contribution in [2.75, 3.05) is 50.0 Å². The van der Waals surface area contributed by atoms with Crippen LogP contribution in [0.5, 0.6) is 0 Å². The van der Waals surface area contributed by atoms with E-state index in [1.165, 1.54) is 11.3 Å². The van der Waals surface area contributed by atoms with Crippen molar-refractivity contribution in [3.05, 3.63) is 75.2 Å². The fourth-order valence-corrected chi connectivity index (χ4v) is 7.04. The quantitative estimate of drug-likeness (QED) is 0.273. The van der Waals surface area contributed by atoms with Gasteiger partial charge < -0.3 is 20.0 Å². The van der Waals surface area contributed by atoms with E-state index < -0.39 is 0 Å². The molecule has 45 heavy (non-hydrogen) atoms. The highest BCUT2D eigenvalue weighted by Crippen LogP contribution is 2.34. The molecule has 0 aliphatic carbocycles. The van der Waals surface area contributed by atoms with Gasteiger partial charge in [0.15, 0.2) is 0 Å². The van der Waals surface area contributed by atoms with Crippen molar-refractivity contribution in [3.8, 4) is 11.1 Å². The molecule has 2 saturated heterocycles. The van der Waals surface area contributed by atoms with Crippen LogP contribution < -0.4 is 15.8 Å². The van der Waals surface area contributed by atoms with E-state index in [2.05, 4.69) is 54.2 Å². The van der Waals surface area contributed by atoms with Crippen LogP contribution in [0.3, 0.4) is 0 Å². The standard InChI is InChI=1S/C35H42ClN7O2/c1-6-31(44)42-15-9-10-26(21-42)43-33-28(24(4)32(34(43)45)27-11-7-8-12-29(27)36)19-37-35(39-33)38-25-13-14-30(22(2)18-25)41-17-16-40(5)23(3)20-41/h7-8,11-14,18-19,23,26H,6,9-10,15-17,20-21H2,1-5H3,(H,37,38,39)/t23-,26-/m0/s1. The summed E-state index contributed by atoms with van der Waals surface area (Å²) in [5.41, 5.74) is 5.70. The number of amides is 1. The lowest BCUT2D eigenvalue weighted by Gasteiger charge is -2.39. The highest BCUT2D eigenvalue weighted by molar-refractivity contribution is 6.33. The molecule has 0 spiro atoms. The molecule has 9 nitrogen and oxygen atoms in total. The minimum Gasteiger partial charge on any atom is -0.368 e. The average molecular weight is 628 g/mol. The smallest absolute Gasteiger partial charge is 0.260 e. The summed E-state index contributed by atoms with van der Waals surface area (Å²) >= 11 is 6.63. The van der Waals surface area contributed by atoms with Crippen LogP contribution in [0.1, 0.15) is 50.3 Å². The van der Waals surface area contributed by atoms with Gasteiger partial charge in [-0.25, -0.2) is 4.98 Å². The zero-order valence-corrected chi connectivity index (χ0v) is 27.6. The minimum atomic E-state index is -0.221. The number of aromatic nitrogens is 3. The van der Waals surface area contributed by atoms with E-state index in [4.69, 9.17) is 21.6 Å². The fourth-order valence-electron chi connectivity index (χ4n) is 6.81. The van der Waals surface area contributed by atoms with Crippen LogP contribution in [0.2, 0.25) is 5.02 Å². The lowest BCUT2D eigenvalue weighted by atomic mass is 9.98. The molecule has 0 radical (unpaired) electrons. The topological polar surface area (TPSA) is 86.6 Å². The molecule has 4 heterocycles. The summed E-state index contributed by atoms with van der Waals surface area (Å²) in [6.07, 6.45) is 3.81. The summed E-state index contributed by atoms with van der Waals surface area (Å²) in [6.45, 7) is 12.4. The number of hydrogen-bond donors (Lipinski definition) is 1. The van der Waals surface area contributed by atoms with Crippen molar-refractivity contribution in [2.45, 2.75) is 59.0 Å². The predicted molar refractivity (Wildman–Crippen MR) is 183 cm³/mol. The number of piperidine rings is 1. The minimum absolute atomic E-state index is 0.0947.